The number of phenolic OH excluding ortho intramolecular Hbond substituents is 1. The Bertz CT molecular complexity index is 1500. The number of anilines is 1. The quantitative estimate of drug-likeness (QED) is 0.258. The van der Waals surface area contributed by atoms with Gasteiger partial charge in [0.15, 0.2) is 5.82 Å². The second-order valence-electron chi connectivity index (χ2n) is 9.84. The molecule has 4 aromatic rings. The van der Waals surface area contributed by atoms with Gasteiger partial charge in [-0.15, -0.1) is 0 Å². The lowest BCUT2D eigenvalue weighted by molar-refractivity contribution is -0.136. The van der Waals surface area contributed by atoms with Crippen LogP contribution in [-0.4, -0.2) is 58.0 Å². The van der Waals surface area contributed by atoms with Crippen molar-refractivity contribution in [1.29, 1.82) is 0 Å². The zero-order valence-electron chi connectivity index (χ0n) is 20.3. The van der Waals surface area contributed by atoms with Gasteiger partial charge in [-0.05, 0) is 42.2 Å². The maximum Gasteiger partial charge on any atom is 0.389 e. The first kappa shape index (κ1) is 24.6. The molecule has 4 heterocycles. The number of alkyl halides is 3. The number of halogens is 4. The normalized spacial score (nSPS) is 19.4. The lowest BCUT2D eigenvalue weighted by Gasteiger charge is -2.34. The first-order valence-corrected chi connectivity index (χ1v) is 12.5. The molecule has 11 heteroatoms. The van der Waals surface area contributed by atoms with Crippen molar-refractivity contribution in [3.8, 4) is 23.0 Å². The van der Waals surface area contributed by atoms with Gasteiger partial charge in [0, 0.05) is 43.4 Å². The lowest BCUT2D eigenvalue weighted by atomic mass is 10.0. The highest BCUT2D eigenvalue weighted by Crippen LogP contribution is 2.37. The van der Waals surface area contributed by atoms with Gasteiger partial charge in [-0.1, -0.05) is 24.3 Å². The van der Waals surface area contributed by atoms with E-state index < -0.39 is 18.4 Å². The Labute approximate surface area is 215 Å². The molecule has 2 bridgehead atoms. The summed E-state index contributed by atoms with van der Waals surface area (Å²) in [6.45, 7) is 1.04. The minimum Gasteiger partial charge on any atom is -0.508 e. The molecule has 6 rings (SSSR count). The SMILES string of the molecule is Oc1cc(-c2ncc3c(N4C[C@H]5CC[C@@H](C4)N5)nc(OCCCC(F)(F)F)nc3c2F)c2ccccc2c1. The number of benzene rings is 2. The molecule has 0 unspecified atom stereocenters. The lowest BCUT2D eigenvalue weighted by Crippen LogP contribution is -2.51. The molecule has 0 aliphatic carbocycles. The van der Waals surface area contributed by atoms with Gasteiger partial charge in [-0.2, -0.15) is 23.1 Å². The number of hydrogen-bond acceptors (Lipinski definition) is 7. The third kappa shape index (κ3) is 4.78. The van der Waals surface area contributed by atoms with E-state index in [1.54, 1.807) is 6.07 Å². The molecule has 2 aliphatic rings. The van der Waals surface area contributed by atoms with Gasteiger partial charge in [0.25, 0.3) is 0 Å². The molecular formula is C27H25F4N5O2. The van der Waals surface area contributed by atoms with E-state index >= 15 is 4.39 Å². The maximum absolute atomic E-state index is 16.2. The molecular weight excluding hydrogens is 502 g/mol. The van der Waals surface area contributed by atoms with E-state index in [-0.39, 0.29) is 48.1 Å². The van der Waals surface area contributed by atoms with Crippen LogP contribution in [0.2, 0.25) is 0 Å². The predicted molar refractivity (Wildman–Crippen MR) is 135 cm³/mol. The van der Waals surface area contributed by atoms with Crippen LogP contribution in [0.3, 0.4) is 0 Å². The Hall–Kier alpha value is -3.73. The number of nitrogens with one attached hydrogen (secondary N) is 1. The van der Waals surface area contributed by atoms with Crippen LogP contribution >= 0.6 is 0 Å². The third-order valence-electron chi connectivity index (χ3n) is 7.10. The highest BCUT2D eigenvalue weighted by Gasteiger charge is 2.34. The fourth-order valence-corrected chi connectivity index (χ4v) is 5.41. The van der Waals surface area contributed by atoms with E-state index in [1.807, 2.05) is 29.2 Å². The molecule has 0 amide bonds. The molecule has 0 spiro atoms. The monoisotopic (exact) mass is 527 g/mol. The average molecular weight is 528 g/mol. The topological polar surface area (TPSA) is 83.4 Å². The van der Waals surface area contributed by atoms with Crippen molar-refractivity contribution in [2.75, 3.05) is 24.6 Å². The van der Waals surface area contributed by atoms with E-state index in [0.29, 0.717) is 35.2 Å². The van der Waals surface area contributed by atoms with Crippen molar-refractivity contribution in [3.05, 3.63) is 48.4 Å². The molecule has 2 saturated heterocycles. The second kappa shape index (κ2) is 9.54. The molecule has 38 heavy (non-hydrogen) atoms. The van der Waals surface area contributed by atoms with Crippen LogP contribution in [0.15, 0.2) is 42.6 Å². The zero-order valence-corrected chi connectivity index (χ0v) is 20.3. The predicted octanol–water partition coefficient (Wildman–Crippen LogP) is 5.35. The molecule has 2 aliphatic heterocycles. The Morgan fingerprint density at radius 3 is 2.58 bits per heavy atom. The number of piperazine rings is 1. The fraction of sp³-hybridized carbons (Fsp3) is 0.370. The molecule has 2 N–H and O–H groups in total. The van der Waals surface area contributed by atoms with E-state index in [4.69, 9.17) is 4.74 Å². The van der Waals surface area contributed by atoms with Crippen molar-refractivity contribution in [1.82, 2.24) is 20.3 Å². The molecule has 2 aromatic carbocycles. The molecule has 2 aromatic heterocycles. The highest BCUT2D eigenvalue weighted by atomic mass is 19.4. The first-order chi connectivity index (χ1) is 18.2. The molecule has 2 fully saturated rings. The Kier molecular flexibility index (Phi) is 6.17. The standard InChI is InChI=1S/C27H25F4N5O2/c28-22-23(20-11-18(37)10-15-4-1-2-5-19(15)20)32-12-21-24(22)34-26(38-9-3-8-27(29,30)31)35-25(21)36-13-16-6-7-17(14-36)33-16/h1-2,4-5,10-12,16-17,33,37H,3,6-9,13-14H2/t16-,17+. The van der Waals surface area contributed by atoms with Crippen molar-refractivity contribution in [2.24, 2.45) is 0 Å². The van der Waals surface area contributed by atoms with Crippen LogP contribution in [0.4, 0.5) is 23.4 Å². The van der Waals surface area contributed by atoms with Crippen molar-refractivity contribution in [2.45, 2.75) is 43.9 Å². The van der Waals surface area contributed by atoms with Crippen molar-refractivity contribution < 1.29 is 27.4 Å². The third-order valence-corrected chi connectivity index (χ3v) is 7.10. The minimum absolute atomic E-state index is 0.00217. The average Bonchev–Trinajstić information content (AvgIpc) is 3.23. The largest absolute Gasteiger partial charge is 0.508 e. The number of aromatic nitrogens is 3. The van der Waals surface area contributed by atoms with Crippen LogP contribution < -0.4 is 15.0 Å². The minimum atomic E-state index is -4.30. The number of pyridine rings is 1. The number of aromatic hydroxyl groups is 1. The fourth-order valence-electron chi connectivity index (χ4n) is 5.41. The van der Waals surface area contributed by atoms with Crippen molar-refractivity contribution >= 4 is 27.5 Å². The van der Waals surface area contributed by atoms with Gasteiger partial charge >= 0.3 is 12.2 Å². The summed E-state index contributed by atoms with van der Waals surface area (Å²) in [4.78, 5) is 15.2. The second-order valence-corrected chi connectivity index (χ2v) is 9.84. The number of fused-ring (bicyclic) bond motifs is 4. The van der Waals surface area contributed by atoms with Crippen LogP contribution in [-0.2, 0) is 0 Å². The molecule has 0 saturated carbocycles. The van der Waals surface area contributed by atoms with Crippen LogP contribution in [0, 0.1) is 5.82 Å². The van der Waals surface area contributed by atoms with E-state index in [1.165, 1.54) is 12.3 Å². The summed E-state index contributed by atoms with van der Waals surface area (Å²) < 4.78 is 59.5. The van der Waals surface area contributed by atoms with Gasteiger partial charge in [0.05, 0.1) is 12.0 Å². The number of ether oxygens (including phenoxy) is 1. The zero-order chi connectivity index (χ0) is 26.4. The number of phenols is 1. The summed E-state index contributed by atoms with van der Waals surface area (Å²) in [6, 6.07) is 10.6. The molecule has 198 valence electrons. The Balaban J connectivity index is 1.45. The van der Waals surface area contributed by atoms with E-state index in [2.05, 4.69) is 20.3 Å². The van der Waals surface area contributed by atoms with E-state index in [9.17, 15) is 18.3 Å². The Morgan fingerprint density at radius 2 is 1.82 bits per heavy atom. The highest BCUT2D eigenvalue weighted by molar-refractivity contribution is 5.99. The molecule has 0 radical (unpaired) electrons. The van der Waals surface area contributed by atoms with Crippen LogP contribution in [0.1, 0.15) is 25.7 Å². The number of nitrogens with zero attached hydrogens (tertiary/aromatic N) is 4. The van der Waals surface area contributed by atoms with Gasteiger partial charge in [0.1, 0.15) is 22.8 Å². The summed E-state index contributed by atoms with van der Waals surface area (Å²) >= 11 is 0. The van der Waals surface area contributed by atoms with Crippen LogP contribution in [0.25, 0.3) is 32.9 Å². The van der Waals surface area contributed by atoms with E-state index in [0.717, 1.165) is 18.2 Å². The Morgan fingerprint density at radius 1 is 1.05 bits per heavy atom. The molecule has 7 nitrogen and oxygen atoms in total. The summed E-state index contributed by atoms with van der Waals surface area (Å²) in [5.41, 5.74) is 0.356. The van der Waals surface area contributed by atoms with Crippen molar-refractivity contribution in [3.63, 3.8) is 0 Å². The number of hydrogen-bond donors (Lipinski definition) is 2. The summed E-state index contributed by atoms with van der Waals surface area (Å²) in [5.74, 6) is -0.313. The summed E-state index contributed by atoms with van der Waals surface area (Å²) in [5, 5.41) is 15.6. The smallest absolute Gasteiger partial charge is 0.389 e. The molecule has 2 atom stereocenters. The number of rotatable bonds is 6. The first-order valence-electron chi connectivity index (χ1n) is 12.5. The summed E-state index contributed by atoms with van der Waals surface area (Å²) in [7, 11) is 0. The van der Waals surface area contributed by atoms with Gasteiger partial charge in [-0.3, -0.25) is 4.98 Å². The van der Waals surface area contributed by atoms with Gasteiger partial charge < -0.3 is 20.1 Å². The van der Waals surface area contributed by atoms with Gasteiger partial charge in [-0.25, -0.2) is 4.39 Å². The maximum atomic E-state index is 16.2. The van der Waals surface area contributed by atoms with Crippen LogP contribution in [0.5, 0.6) is 11.8 Å². The summed E-state index contributed by atoms with van der Waals surface area (Å²) in [6.07, 6.45) is -2.01. The van der Waals surface area contributed by atoms with Gasteiger partial charge in [0.2, 0.25) is 0 Å².